The fourth-order valence-electron chi connectivity index (χ4n) is 0.639. The van der Waals surface area contributed by atoms with Crippen molar-refractivity contribution in [2.75, 3.05) is 6.54 Å². The molecule has 1 rings (SSSR count). The number of carbonyl (C=O) groups is 1. The highest BCUT2D eigenvalue weighted by Gasteiger charge is 2.11. The van der Waals surface area contributed by atoms with Crippen LogP contribution >= 0.6 is 0 Å². The average molecular weight is 125 g/mol. The van der Waals surface area contributed by atoms with E-state index in [1.54, 1.807) is 12.2 Å². The summed E-state index contributed by atoms with van der Waals surface area (Å²) in [7, 11) is 0. The number of rotatable bonds is 1. The molecule has 0 saturated carbocycles. The van der Waals surface area contributed by atoms with Gasteiger partial charge in [0, 0.05) is 6.21 Å². The molecular formula is C6H7NO2. The molecule has 0 aromatic heterocycles. The number of nitrogens with zero attached hydrogens (tertiary/aromatic N) is 1. The molecule has 1 aliphatic heterocycles. The lowest BCUT2D eigenvalue weighted by molar-refractivity contribution is -0.137. The molecule has 1 atom stereocenters. The van der Waals surface area contributed by atoms with Crippen LogP contribution in [0, 0.1) is 5.92 Å². The third-order valence-electron chi connectivity index (χ3n) is 1.11. The third kappa shape index (κ3) is 1.38. The van der Waals surface area contributed by atoms with E-state index in [2.05, 4.69) is 4.99 Å². The summed E-state index contributed by atoms with van der Waals surface area (Å²) >= 11 is 0. The molecule has 3 nitrogen and oxygen atoms in total. The molecule has 1 aliphatic rings. The molecule has 0 saturated heterocycles. The van der Waals surface area contributed by atoms with Crippen LogP contribution < -0.4 is 0 Å². The molecule has 0 aromatic rings. The summed E-state index contributed by atoms with van der Waals surface area (Å²) in [6.45, 7) is 0.615. The van der Waals surface area contributed by atoms with Crippen LogP contribution in [0.4, 0.5) is 0 Å². The van der Waals surface area contributed by atoms with Gasteiger partial charge in [-0.25, -0.2) is 0 Å². The predicted molar refractivity (Wildman–Crippen MR) is 33.6 cm³/mol. The Morgan fingerprint density at radius 3 is 2.89 bits per heavy atom. The lowest BCUT2D eigenvalue weighted by Gasteiger charge is -2.02. The number of carboxylic acid groups (broad SMARTS) is 1. The van der Waals surface area contributed by atoms with Gasteiger partial charge >= 0.3 is 5.97 Å². The van der Waals surface area contributed by atoms with Crippen molar-refractivity contribution in [2.24, 2.45) is 10.9 Å². The first-order valence-corrected chi connectivity index (χ1v) is 2.70. The van der Waals surface area contributed by atoms with Gasteiger partial charge in [-0.05, 0) is 0 Å². The Morgan fingerprint density at radius 1 is 1.78 bits per heavy atom. The maximum atomic E-state index is 10.2. The summed E-state index contributed by atoms with van der Waals surface area (Å²) in [5, 5.41) is 8.40. The molecule has 3 heteroatoms. The van der Waals surface area contributed by atoms with Gasteiger partial charge in [-0.15, -0.1) is 0 Å². The number of dihydropyridines is 1. The zero-order valence-electron chi connectivity index (χ0n) is 4.82. The van der Waals surface area contributed by atoms with Gasteiger partial charge in [-0.3, -0.25) is 9.79 Å². The van der Waals surface area contributed by atoms with E-state index in [4.69, 9.17) is 5.11 Å². The van der Waals surface area contributed by atoms with E-state index in [1.165, 1.54) is 6.21 Å². The molecule has 48 valence electrons. The minimum Gasteiger partial charge on any atom is -0.481 e. The molecule has 0 radical (unpaired) electrons. The Morgan fingerprint density at radius 2 is 2.56 bits per heavy atom. The fraction of sp³-hybridized carbons (Fsp3) is 0.333. The van der Waals surface area contributed by atoms with Gasteiger partial charge in [0.1, 0.15) is 5.92 Å². The Balaban J connectivity index is 2.60. The monoisotopic (exact) mass is 125 g/mol. The topological polar surface area (TPSA) is 49.7 Å². The van der Waals surface area contributed by atoms with Crippen molar-refractivity contribution < 1.29 is 9.90 Å². The van der Waals surface area contributed by atoms with Crippen LogP contribution in [-0.4, -0.2) is 23.8 Å². The second kappa shape index (κ2) is 2.44. The maximum absolute atomic E-state index is 10.2. The van der Waals surface area contributed by atoms with E-state index in [0.29, 0.717) is 6.54 Å². The van der Waals surface area contributed by atoms with Crippen molar-refractivity contribution >= 4 is 12.2 Å². The summed E-state index contributed by atoms with van der Waals surface area (Å²) in [4.78, 5) is 14.0. The zero-order chi connectivity index (χ0) is 6.69. The molecule has 0 fully saturated rings. The van der Waals surface area contributed by atoms with E-state index in [-0.39, 0.29) is 0 Å². The van der Waals surface area contributed by atoms with Crippen LogP contribution in [0.25, 0.3) is 0 Å². The van der Waals surface area contributed by atoms with Crippen LogP contribution in [0.3, 0.4) is 0 Å². The van der Waals surface area contributed by atoms with E-state index in [0.717, 1.165) is 0 Å². The van der Waals surface area contributed by atoms with E-state index in [9.17, 15) is 4.79 Å². The highest BCUT2D eigenvalue weighted by atomic mass is 16.4. The van der Waals surface area contributed by atoms with Crippen molar-refractivity contribution in [3.05, 3.63) is 12.2 Å². The van der Waals surface area contributed by atoms with Crippen molar-refractivity contribution in [3.63, 3.8) is 0 Å². The largest absolute Gasteiger partial charge is 0.481 e. The SMILES string of the molecule is O=C(O)C1C=CCN=C1. The summed E-state index contributed by atoms with van der Waals surface area (Å²) in [5.74, 6) is -1.34. The summed E-state index contributed by atoms with van der Waals surface area (Å²) < 4.78 is 0. The molecule has 0 bridgehead atoms. The first-order valence-electron chi connectivity index (χ1n) is 2.70. The van der Waals surface area contributed by atoms with Gasteiger partial charge in [0.15, 0.2) is 0 Å². The van der Waals surface area contributed by atoms with Crippen LogP contribution in [0.15, 0.2) is 17.1 Å². The molecule has 0 spiro atoms. The highest BCUT2D eigenvalue weighted by molar-refractivity contribution is 5.91. The van der Waals surface area contributed by atoms with Crippen LogP contribution in [0.2, 0.25) is 0 Å². The first kappa shape index (κ1) is 6.01. The third-order valence-corrected chi connectivity index (χ3v) is 1.11. The molecule has 1 unspecified atom stereocenters. The van der Waals surface area contributed by atoms with Crippen LogP contribution in [0.1, 0.15) is 0 Å². The lowest BCUT2D eigenvalue weighted by atomic mass is 10.1. The van der Waals surface area contributed by atoms with Crippen molar-refractivity contribution in [1.29, 1.82) is 0 Å². The van der Waals surface area contributed by atoms with E-state index in [1.807, 2.05) is 0 Å². The Labute approximate surface area is 52.7 Å². The summed E-state index contributed by atoms with van der Waals surface area (Å²) in [6.07, 6.45) is 4.83. The predicted octanol–water partition coefficient (Wildman–Crippen LogP) is 0.328. The van der Waals surface area contributed by atoms with Gasteiger partial charge in [0.25, 0.3) is 0 Å². The molecule has 1 N–H and O–H groups in total. The molecule has 1 heterocycles. The van der Waals surface area contributed by atoms with Crippen LogP contribution in [0.5, 0.6) is 0 Å². The maximum Gasteiger partial charge on any atom is 0.315 e. The Hall–Kier alpha value is -1.12. The fourth-order valence-corrected chi connectivity index (χ4v) is 0.639. The first-order chi connectivity index (χ1) is 4.30. The molecular weight excluding hydrogens is 118 g/mol. The van der Waals surface area contributed by atoms with Gasteiger partial charge in [0.05, 0.1) is 6.54 Å². The van der Waals surface area contributed by atoms with Gasteiger partial charge in [0.2, 0.25) is 0 Å². The number of aliphatic carboxylic acids is 1. The summed E-state index contributed by atoms with van der Waals surface area (Å²) in [6, 6.07) is 0. The molecule has 0 aromatic carbocycles. The number of aliphatic imine (C=N–C) groups is 1. The van der Waals surface area contributed by atoms with Gasteiger partial charge < -0.3 is 5.11 Å². The normalized spacial score (nSPS) is 24.2. The Bertz CT molecular complexity index is 160. The smallest absolute Gasteiger partial charge is 0.315 e. The quantitative estimate of drug-likeness (QED) is 0.513. The van der Waals surface area contributed by atoms with Gasteiger partial charge in [-0.2, -0.15) is 0 Å². The average Bonchev–Trinajstić information content (AvgIpc) is 1.90. The second-order valence-electron chi connectivity index (χ2n) is 1.81. The second-order valence-corrected chi connectivity index (χ2v) is 1.81. The molecule has 0 amide bonds. The molecule has 0 aliphatic carbocycles. The highest BCUT2D eigenvalue weighted by Crippen LogP contribution is 1.99. The minimum absolute atomic E-state index is 0.501. The van der Waals surface area contributed by atoms with Crippen molar-refractivity contribution in [2.45, 2.75) is 0 Å². The number of carboxylic acids is 1. The van der Waals surface area contributed by atoms with Crippen LogP contribution in [-0.2, 0) is 4.79 Å². The lowest BCUT2D eigenvalue weighted by Crippen LogP contribution is -2.14. The zero-order valence-corrected chi connectivity index (χ0v) is 4.82. The summed E-state index contributed by atoms with van der Waals surface area (Å²) in [5.41, 5.74) is 0. The standard InChI is InChI=1S/C6H7NO2/c8-6(9)5-2-1-3-7-4-5/h1-2,4-5H,3H2,(H,8,9). The number of hydrogen-bond donors (Lipinski definition) is 1. The number of hydrogen-bond acceptors (Lipinski definition) is 2. The molecule has 9 heavy (non-hydrogen) atoms. The van der Waals surface area contributed by atoms with Gasteiger partial charge in [-0.1, -0.05) is 12.2 Å². The van der Waals surface area contributed by atoms with Crippen molar-refractivity contribution in [1.82, 2.24) is 0 Å². The van der Waals surface area contributed by atoms with E-state index >= 15 is 0 Å². The van der Waals surface area contributed by atoms with E-state index < -0.39 is 11.9 Å². The van der Waals surface area contributed by atoms with Crippen molar-refractivity contribution in [3.8, 4) is 0 Å². The Kier molecular flexibility index (Phi) is 1.63. The minimum atomic E-state index is -0.838.